The monoisotopic (exact) mass is 431 g/mol. The molecule has 2 aliphatic heterocycles. The van der Waals surface area contributed by atoms with Crippen LogP contribution in [0.5, 0.6) is 0 Å². The summed E-state index contributed by atoms with van der Waals surface area (Å²) < 4.78 is 5.17. The van der Waals surface area contributed by atoms with E-state index in [1.165, 1.54) is 0 Å². The van der Waals surface area contributed by atoms with Gasteiger partial charge in [0.1, 0.15) is 12.2 Å². The van der Waals surface area contributed by atoms with E-state index in [2.05, 4.69) is 5.32 Å². The Kier molecular flexibility index (Phi) is 7.50. The molecule has 2 fully saturated rings. The molecule has 3 rings (SSSR count). The highest BCUT2D eigenvalue weighted by molar-refractivity contribution is 5.91. The Labute approximate surface area is 183 Å². The lowest BCUT2D eigenvalue weighted by atomic mass is 9.97. The lowest BCUT2D eigenvalue weighted by molar-refractivity contribution is -0.188. The number of carbonyl (C=O) groups is 3. The smallest absolute Gasteiger partial charge is 0.334 e. The molecule has 31 heavy (non-hydrogen) atoms. The number of nitrogens with one attached hydrogen (secondary N) is 1. The van der Waals surface area contributed by atoms with Crippen molar-refractivity contribution in [2.75, 3.05) is 40.4 Å². The van der Waals surface area contributed by atoms with E-state index >= 15 is 0 Å². The highest BCUT2D eigenvalue weighted by Crippen LogP contribution is 2.28. The van der Waals surface area contributed by atoms with Crippen LogP contribution in [0.1, 0.15) is 25.8 Å². The van der Waals surface area contributed by atoms with E-state index < -0.39 is 12.2 Å². The van der Waals surface area contributed by atoms with Crippen LogP contribution in [0.4, 0.5) is 4.79 Å². The van der Waals surface area contributed by atoms with Gasteiger partial charge in [-0.15, -0.1) is 0 Å². The Morgan fingerprint density at radius 3 is 2.58 bits per heavy atom. The molecule has 0 bridgehead atoms. The Hall–Kier alpha value is -2.65. The standard InChI is InChI=1S/C22H33N5O4/c1-16(2)12-18-21(29)25(10-11-31-4)14-19-26(18)20(28)15-24(3)27(19)22(30)23-13-17-8-6-5-7-9-17/h5-9,16,18-19H,10-15H2,1-4H3,(H,23,30)/t18-,19-/m0/s1. The van der Waals surface area contributed by atoms with Crippen LogP contribution in [0.25, 0.3) is 0 Å². The van der Waals surface area contributed by atoms with Gasteiger partial charge in [-0.25, -0.2) is 14.8 Å². The zero-order valence-corrected chi connectivity index (χ0v) is 18.8. The minimum absolute atomic E-state index is 0.0508. The van der Waals surface area contributed by atoms with Gasteiger partial charge < -0.3 is 19.9 Å². The maximum atomic E-state index is 13.2. The minimum atomic E-state index is -0.582. The number of fused-ring (bicyclic) bond motifs is 1. The van der Waals surface area contributed by atoms with Crippen LogP contribution in [0.15, 0.2) is 30.3 Å². The summed E-state index contributed by atoms with van der Waals surface area (Å²) in [5.74, 6) is 0.0133. The highest BCUT2D eigenvalue weighted by Gasteiger charge is 2.50. The summed E-state index contributed by atoms with van der Waals surface area (Å²) >= 11 is 0. The Morgan fingerprint density at radius 1 is 1.23 bits per heavy atom. The SMILES string of the molecule is COCCN1C[C@H]2N(C(=O)CN(C)N2C(=O)NCc2ccccc2)[C@@H](CC(C)C)C1=O. The summed E-state index contributed by atoms with van der Waals surface area (Å²) in [5, 5.41) is 6.16. The molecule has 0 spiro atoms. The molecular weight excluding hydrogens is 398 g/mol. The number of piperazine rings is 1. The van der Waals surface area contributed by atoms with Crippen LogP contribution in [0, 0.1) is 5.92 Å². The molecule has 0 radical (unpaired) electrons. The fourth-order valence-corrected chi connectivity index (χ4v) is 4.24. The second-order valence-electron chi connectivity index (χ2n) is 8.51. The number of hydrogen-bond acceptors (Lipinski definition) is 5. The largest absolute Gasteiger partial charge is 0.383 e. The molecule has 0 saturated carbocycles. The average molecular weight is 432 g/mol. The number of carbonyl (C=O) groups excluding carboxylic acids is 3. The van der Waals surface area contributed by atoms with Gasteiger partial charge in [-0.2, -0.15) is 0 Å². The van der Waals surface area contributed by atoms with Crippen molar-refractivity contribution >= 4 is 17.8 Å². The maximum absolute atomic E-state index is 13.2. The van der Waals surface area contributed by atoms with Gasteiger partial charge in [0.25, 0.3) is 0 Å². The van der Waals surface area contributed by atoms with E-state index in [0.29, 0.717) is 26.1 Å². The number of hydrogen-bond donors (Lipinski definition) is 1. The molecule has 1 aromatic rings. The van der Waals surface area contributed by atoms with Crippen molar-refractivity contribution in [2.45, 2.75) is 39.0 Å². The van der Waals surface area contributed by atoms with Gasteiger partial charge in [0.05, 0.1) is 19.7 Å². The number of amides is 4. The summed E-state index contributed by atoms with van der Waals surface area (Å²) in [4.78, 5) is 42.7. The number of rotatable bonds is 7. The molecule has 1 N–H and O–H groups in total. The van der Waals surface area contributed by atoms with Gasteiger partial charge in [0, 0.05) is 27.2 Å². The first-order valence-electron chi connectivity index (χ1n) is 10.7. The fourth-order valence-electron chi connectivity index (χ4n) is 4.24. The van der Waals surface area contributed by atoms with E-state index in [-0.39, 0.29) is 36.9 Å². The third kappa shape index (κ3) is 5.16. The molecule has 0 aliphatic carbocycles. The first-order valence-corrected chi connectivity index (χ1v) is 10.7. The highest BCUT2D eigenvalue weighted by atomic mass is 16.5. The number of methoxy groups -OCH3 is 1. The third-order valence-corrected chi connectivity index (χ3v) is 5.69. The quantitative estimate of drug-likeness (QED) is 0.699. The van der Waals surface area contributed by atoms with Gasteiger partial charge in [-0.3, -0.25) is 9.59 Å². The average Bonchev–Trinajstić information content (AvgIpc) is 2.73. The topological polar surface area (TPSA) is 85.4 Å². The molecular formula is C22H33N5O4. The number of benzene rings is 1. The molecule has 9 heteroatoms. The summed E-state index contributed by atoms with van der Waals surface area (Å²) in [6, 6.07) is 8.79. The van der Waals surface area contributed by atoms with E-state index in [1.54, 1.807) is 34.0 Å². The van der Waals surface area contributed by atoms with Crippen LogP contribution in [-0.4, -0.2) is 90.3 Å². The van der Waals surface area contributed by atoms with Crippen LogP contribution < -0.4 is 5.32 Å². The predicted molar refractivity (Wildman–Crippen MR) is 115 cm³/mol. The number of likely N-dealkylation sites (N-methyl/N-ethyl adjacent to an activating group) is 1. The van der Waals surface area contributed by atoms with Crippen molar-refractivity contribution in [2.24, 2.45) is 5.92 Å². The molecule has 2 atom stereocenters. The number of ether oxygens (including phenoxy) is 1. The van der Waals surface area contributed by atoms with Crippen LogP contribution in [-0.2, 0) is 20.9 Å². The van der Waals surface area contributed by atoms with Gasteiger partial charge in [0.15, 0.2) is 0 Å². The minimum Gasteiger partial charge on any atom is -0.383 e. The van der Waals surface area contributed by atoms with Crippen molar-refractivity contribution in [1.82, 2.24) is 25.1 Å². The van der Waals surface area contributed by atoms with E-state index in [9.17, 15) is 14.4 Å². The lowest BCUT2D eigenvalue weighted by Crippen LogP contribution is -2.76. The summed E-state index contributed by atoms with van der Waals surface area (Å²) in [6.45, 7) is 5.57. The van der Waals surface area contributed by atoms with Crippen molar-refractivity contribution in [3.63, 3.8) is 0 Å². The van der Waals surface area contributed by atoms with Gasteiger partial charge >= 0.3 is 6.03 Å². The number of nitrogens with zero attached hydrogens (tertiary/aromatic N) is 4. The first-order chi connectivity index (χ1) is 14.8. The Morgan fingerprint density at radius 2 is 1.94 bits per heavy atom. The molecule has 0 unspecified atom stereocenters. The van der Waals surface area contributed by atoms with Crippen molar-refractivity contribution in [3.05, 3.63) is 35.9 Å². The van der Waals surface area contributed by atoms with Crippen LogP contribution >= 0.6 is 0 Å². The number of hydrazine groups is 1. The molecule has 2 aliphatic rings. The second-order valence-corrected chi connectivity index (χ2v) is 8.51. The Bertz CT molecular complexity index is 787. The summed E-state index contributed by atoms with van der Waals surface area (Å²) in [5.41, 5.74) is 0.988. The van der Waals surface area contributed by atoms with E-state index in [4.69, 9.17) is 4.74 Å². The first kappa shape index (κ1) is 23.0. The van der Waals surface area contributed by atoms with Gasteiger partial charge in [-0.05, 0) is 17.9 Å². The fraction of sp³-hybridized carbons (Fsp3) is 0.591. The van der Waals surface area contributed by atoms with Crippen LogP contribution in [0.2, 0.25) is 0 Å². The van der Waals surface area contributed by atoms with Gasteiger partial charge in [0.2, 0.25) is 11.8 Å². The molecule has 2 saturated heterocycles. The molecule has 170 valence electrons. The van der Waals surface area contributed by atoms with E-state index in [0.717, 1.165) is 5.56 Å². The molecule has 1 aromatic carbocycles. The van der Waals surface area contributed by atoms with Gasteiger partial charge in [-0.1, -0.05) is 44.2 Å². The second kappa shape index (κ2) is 10.1. The molecule has 9 nitrogen and oxygen atoms in total. The molecule has 2 heterocycles. The van der Waals surface area contributed by atoms with Crippen molar-refractivity contribution < 1.29 is 19.1 Å². The number of urea groups is 1. The molecule has 0 aromatic heterocycles. The molecule has 4 amide bonds. The van der Waals surface area contributed by atoms with E-state index in [1.807, 2.05) is 44.2 Å². The lowest BCUT2D eigenvalue weighted by Gasteiger charge is -2.54. The Balaban J connectivity index is 1.84. The summed E-state index contributed by atoms with van der Waals surface area (Å²) in [7, 11) is 3.32. The zero-order valence-electron chi connectivity index (χ0n) is 18.8. The maximum Gasteiger partial charge on any atom is 0.334 e. The third-order valence-electron chi connectivity index (χ3n) is 5.69. The normalized spacial score (nSPS) is 22.2. The van der Waals surface area contributed by atoms with Crippen LogP contribution in [0.3, 0.4) is 0 Å². The van der Waals surface area contributed by atoms with Crippen molar-refractivity contribution in [1.29, 1.82) is 0 Å². The van der Waals surface area contributed by atoms with Crippen molar-refractivity contribution in [3.8, 4) is 0 Å². The summed E-state index contributed by atoms with van der Waals surface area (Å²) in [6.07, 6.45) is -0.00590. The predicted octanol–water partition coefficient (Wildman–Crippen LogP) is 1.12. The zero-order chi connectivity index (χ0) is 22.5.